The number of aliphatic imine (C=N–C) groups is 1. The Morgan fingerprint density at radius 2 is 1.14 bits per heavy atom. The van der Waals surface area contributed by atoms with Crippen molar-refractivity contribution in [1.29, 1.82) is 0 Å². The van der Waals surface area contributed by atoms with Crippen molar-refractivity contribution in [2.24, 2.45) is 4.99 Å². The van der Waals surface area contributed by atoms with E-state index in [0.717, 1.165) is 52.5 Å². The van der Waals surface area contributed by atoms with Crippen molar-refractivity contribution in [3.63, 3.8) is 0 Å². The summed E-state index contributed by atoms with van der Waals surface area (Å²) >= 11 is 0. The summed E-state index contributed by atoms with van der Waals surface area (Å²) in [6.45, 7) is 4.50. The molecule has 1 atom stereocenters. The number of hydrogen-bond donors (Lipinski definition) is 0. The summed E-state index contributed by atoms with van der Waals surface area (Å²) in [5, 5.41) is 9.64. The Morgan fingerprint density at radius 3 is 1.94 bits per heavy atom. The van der Waals surface area contributed by atoms with E-state index in [0.29, 0.717) is 0 Å². The first-order valence-corrected chi connectivity index (χ1v) is 22.9. The molecule has 0 saturated heterocycles. The highest BCUT2D eigenvalue weighted by atomic mass is 16.3. The summed E-state index contributed by atoms with van der Waals surface area (Å²) in [6.07, 6.45) is 5.01. The van der Waals surface area contributed by atoms with E-state index in [1.165, 1.54) is 82.4 Å². The van der Waals surface area contributed by atoms with E-state index in [-0.39, 0.29) is 6.04 Å². The molecule has 2 heteroatoms. The van der Waals surface area contributed by atoms with Gasteiger partial charge in [-0.15, -0.1) is 0 Å². The Balaban J connectivity index is 1.01. The smallest absolute Gasteiger partial charge is 0.136 e. The fourth-order valence-corrected chi connectivity index (χ4v) is 9.99. The van der Waals surface area contributed by atoms with E-state index in [1.54, 1.807) is 0 Å². The largest absolute Gasteiger partial charge is 0.456 e. The molecular formula is C63H49NO. The molecule has 312 valence electrons. The minimum Gasteiger partial charge on any atom is -0.456 e. The first-order chi connectivity index (χ1) is 32.1. The Kier molecular flexibility index (Phi) is 10.7. The van der Waals surface area contributed by atoms with Gasteiger partial charge in [0.05, 0.1) is 6.04 Å². The van der Waals surface area contributed by atoms with E-state index in [4.69, 9.17) is 9.41 Å². The highest BCUT2D eigenvalue weighted by Gasteiger charge is 2.20. The maximum atomic E-state index is 6.75. The summed E-state index contributed by atoms with van der Waals surface area (Å²) in [6, 6.07) is 76.7. The van der Waals surface area contributed by atoms with Crippen LogP contribution in [-0.4, -0.2) is 5.71 Å². The molecule has 0 bridgehead atoms. The maximum Gasteiger partial charge on any atom is 0.136 e. The highest BCUT2D eigenvalue weighted by molar-refractivity contribution is 6.16. The fraction of sp³-hybridized carbons (Fsp3) is 0.0952. The van der Waals surface area contributed by atoms with Crippen LogP contribution in [0.2, 0.25) is 0 Å². The van der Waals surface area contributed by atoms with Gasteiger partial charge in [0.15, 0.2) is 0 Å². The molecule has 0 spiro atoms. The van der Waals surface area contributed by atoms with Crippen LogP contribution in [0.5, 0.6) is 0 Å². The van der Waals surface area contributed by atoms with Crippen LogP contribution in [0.15, 0.2) is 227 Å². The second kappa shape index (κ2) is 17.4. The topological polar surface area (TPSA) is 25.5 Å². The summed E-state index contributed by atoms with van der Waals surface area (Å²) in [4.78, 5) is 5.76. The molecular weight excluding hydrogens is 787 g/mol. The van der Waals surface area contributed by atoms with Gasteiger partial charge in [0.25, 0.3) is 0 Å². The van der Waals surface area contributed by atoms with E-state index in [2.05, 4.69) is 232 Å². The average Bonchev–Trinajstić information content (AvgIpc) is 3.74. The molecule has 10 aromatic carbocycles. The first-order valence-electron chi connectivity index (χ1n) is 22.9. The molecule has 1 unspecified atom stereocenters. The predicted octanol–water partition coefficient (Wildman–Crippen LogP) is 17.9. The van der Waals surface area contributed by atoms with Crippen molar-refractivity contribution >= 4 is 66.0 Å². The Hall–Kier alpha value is -7.81. The zero-order valence-corrected chi connectivity index (χ0v) is 36.8. The molecule has 11 rings (SSSR count). The van der Waals surface area contributed by atoms with Gasteiger partial charge in [-0.25, -0.2) is 0 Å². The fourth-order valence-electron chi connectivity index (χ4n) is 9.99. The summed E-state index contributed by atoms with van der Waals surface area (Å²) < 4.78 is 6.75. The third-order valence-electron chi connectivity index (χ3n) is 13.0. The second-order valence-electron chi connectivity index (χ2n) is 17.3. The van der Waals surface area contributed by atoms with Crippen LogP contribution in [0.25, 0.3) is 93.7 Å². The zero-order chi connectivity index (χ0) is 43.7. The Bertz CT molecular complexity index is 3590. The minimum atomic E-state index is -0.0215. The van der Waals surface area contributed by atoms with E-state index < -0.39 is 0 Å². The predicted molar refractivity (Wildman–Crippen MR) is 278 cm³/mol. The lowest BCUT2D eigenvalue weighted by Crippen LogP contribution is -2.07. The van der Waals surface area contributed by atoms with Crippen LogP contribution >= 0.6 is 0 Å². The summed E-state index contributed by atoms with van der Waals surface area (Å²) in [5.74, 6) is 0. The van der Waals surface area contributed by atoms with Crippen molar-refractivity contribution in [3.05, 3.63) is 235 Å². The third-order valence-corrected chi connectivity index (χ3v) is 13.0. The van der Waals surface area contributed by atoms with Gasteiger partial charge >= 0.3 is 0 Å². The van der Waals surface area contributed by atoms with Gasteiger partial charge in [0, 0.05) is 22.9 Å². The van der Waals surface area contributed by atoms with Gasteiger partial charge in [0.1, 0.15) is 11.2 Å². The maximum absolute atomic E-state index is 6.75. The van der Waals surface area contributed by atoms with Crippen LogP contribution in [0, 0.1) is 0 Å². The summed E-state index contributed by atoms with van der Waals surface area (Å²) in [5.41, 5.74) is 15.0. The van der Waals surface area contributed by atoms with Gasteiger partial charge in [-0.05, 0) is 120 Å². The Morgan fingerprint density at radius 1 is 0.492 bits per heavy atom. The van der Waals surface area contributed by atoms with Gasteiger partial charge in [-0.3, -0.25) is 4.99 Å². The molecule has 0 aliphatic carbocycles. The van der Waals surface area contributed by atoms with E-state index in [1.807, 2.05) is 0 Å². The molecule has 0 aliphatic heterocycles. The molecule has 65 heavy (non-hydrogen) atoms. The van der Waals surface area contributed by atoms with Gasteiger partial charge < -0.3 is 4.42 Å². The van der Waals surface area contributed by atoms with E-state index in [9.17, 15) is 0 Å². The minimum absolute atomic E-state index is 0.0215. The number of fused-ring (bicyclic) bond motifs is 6. The molecule has 0 fully saturated rings. The molecule has 0 amide bonds. The number of allylic oxidation sites excluding steroid dienone is 1. The standard InChI is InChI=1S/C63H49NO/c1-3-17-59(64-60(39-42(2)38-43-18-6-4-7-19-43)48-33-32-44-20-10-11-23-46(44)40-48)56-29-15-26-53-54(56)27-14-28-55(53)57-30-16-31-61-63(57)58-35-34-47(41-62(58)65-61)50-37-36-49(45-21-8-5-9-22-45)51-24-12-13-25-52(50)51/h4-16,18-38,40-41,59H,3,17,39H2,1-2H3/b42-38-,64-60+. The first kappa shape index (κ1) is 40.0. The van der Waals surface area contributed by atoms with Crippen LogP contribution in [-0.2, 0) is 0 Å². The highest BCUT2D eigenvalue weighted by Crippen LogP contribution is 2.43. The van der Waals surface area contributed by atoms with Crippen LogP contribution in [0.4, 0.5) is 0 Å². The van der Waals surface area contributed by atoms with Crippen molar-refractivity contribution < 1.29 is 4.42 Å². The third kappa shape index (κ3) is 7.72. The molecule has 1 heterocycles. The van der Waals surface area contributed by atoms with Crippen molar-refractivity contribution in [3.8, 4) is 33.4 Å². The van der Waals surface area contributed by atoms with Gasteiger partial charge in [0.2, 0.25) is 0 Å². The number of rotatable bonds is 11. The van der Waals surface area contributed by atoms with Crippen LogP contribution < -0.4 is 0 Å². The SMILES string of the molecule is CCCC(/N=C(\C/C(C)=C\c1ccccc1)c1ccc2ccccc2c1)c1cccc2c(-c3cccc4oc5cc(-c6ccc(-c7ccccc7)c7ccccc67)ccc5c34)cccc12. The molecule has 0 N–H and O–H groups in total. The molecule has 1 aromatic heterocycles. The number of furan rings is 1. The number of hydrogen-bond acceptors (Lipinski definition) is 2. The van der Waals surface area contributed by atoms with Gasteiger partial charge in [-0.1, -0.05) is 213 Å². The van der Waals surface area contributed by atoms with Crippen molar-refractivity contribution in [2.75, 3.05) is 0 Å². The zero-order valence-electron chi connectivity index (χ0n) is 36.8. The number of benzene rings is 10. The summed E-state index contributed by atoms with van der Waals surface area (Å²) in [7, 11) is 0. The normalized spacial score (nSPS) is 12.8. The van der Waals surface area contributed by atoms with Crippen LogP contribution in [0.3, 0.4) is 0 Å². The molecule has 2 nitrogen and oxygen atoms in total. The van der Waals surface area contributed by atoms with Crippen molar-refractivity contribution in [2.45, 2.75) is 39.2 Å². The molecule has 0 saturated carbocycles. The Labute approximate surface area is 380 Å². The van der Waals surface area contributed by atoms with Crippen LogP contribution in [0.1, 0.15) is 55.8 Å². The molecule has 11 aromatic rings. The lowest BCUT2D eigenvalue weighted by atomic mass is 9.89. The van der Waals surface area contributed by atoms with E-state index >= 15 is 0 Å². The quantitative estimate of drug-likeness (QED) is 0.119. The monoisotopic (exact) mass is 835 g/mol. The average molecular weight is 836 g/mol. The second-order valence-corrected chi connectivity index (χ2v) is 17.3. The molecule has 0 radical (unpaired) electrons. The lowest BCUT2D eigenvalue weighted by molar-refractivity contribution is 0.644. The van der Waals surface area contributed by atoms with Gasteiger partial charge in [-0.2, -0.15) is 0 Å². The van der Waals surface area contributed by atoms with Crippen molar-refractivity contribution in [1.82, 2.24) is 0 Å². The lowest BCUT2D eigenvalue weighted by Gasteiger charge is -2.19. The molecule has 0 aliphatic rings. The number of nitrogens with zero attached hydrogens (tertiary/aromatic N) is 1.